The average molecular weight is 598 g/mol. The highest BCUT2D eigenvalue weighted by atomic mass is 35.5. The zero-order chi connectivity index (χ0) is 30.1. The van der Waals surface area contributed by atoms with Crippen LogP contribution in [0.1, 0.15) is 48.2 Å². The first kappa shape index (κ1) is 30.6. The summed E-state index contributed by atoms with van der Waals surface area (Å²) in [5.41, 5.74) is 3.65. The molecule has 8 heteroatoms. The Labute approximate surface area is 255 Å². The van der Waals surface area contributed by atoms with E-state index < -0.39 is 11.2 Å². The molecule has 0 aliphatic carbocycles. The molecule has 0 aliphatic rings. The quantitative estimate of drug-likeness (QED) is 0.128. The van der Waals surface area contributed by atoms with E-state index >= 15 is 0 Å². The van der Waals surface area contributed by atoms with Crippen molar-refractivity contribution >= 4 is 58.5 Å². The third-order valence-electron chi connectivity index (χ3n) is 6.31. The summed E-state index contributed by atoms with van der Waals surface area (Å²) < 4.78 is 0. The second-order valence-electron chi connectivity index (χ2n) is 9.94. The Morgan fingerprint density at radius 3 is 2.10 bits per heavy atom. The predicted molar refractivity (Wildman–Crippen MR) is 173 cm³/mol. The molecule has 3 N–H and O–H groups in total. The maximum atomic E-state index is 13.5. The third kappa shape index (κ3) is 8.83. The van der Waals surface area contributed by atoms with Crippen LogP contribution in [0.5, 0.6) is 0 Å². The van der Waals surface area contributed by atoms with Crippen LogP contribution in [-0.2, 0) is 9.59 Å². The molecular formula is C34H32ClN3O3S. The van der Waals surface area contributed by atoms with Crippen molar-refractivity contribution in [1.82, 2.24) is 5.32 Å². The minimum Gasteiger partial charge on any atom is -0.325 e. The number of thioether (sulfide) groups is 1. The number of amides is 3. The van der Waals surface area contributed by atoms with Crippen LogP contribution in [-0.4, -0.2) is 23.0 Å². The van der Waals surface area contributed by atoms with Crippen molar-refractivity contribution in [2.24, 2.45) is 0 Å². The number of hydrogen-bond acceptors (Lipinski definition) is 4. The number of nitrogens with one attached hydrogen (secondary N) is 3. The van der Waals surface area contributed by atoms with E-state index in [0.29, 0.717) is 27.9 Å². The molecule has 3 amide bonds. The van der Waals surface area contributed by atoms with Crippen molar-refractivity contribution in [3.8, 4) is 0 Å². The van der Waals surface area contributed by atoms with Gasteiger partial charge in [-0.05, 0) is 78.6 Å². The van der Waals surface area contributed by atoms with E-state index in [-0.39, 0.29) is 17.5 Å². The van der Waals surface area contributed by atoms with Crippen molar-refractivity contribution in [3.63, 3.8) is 0 Å². The fourth-order valence-corrected chi connectivity index (χ4v) is 5.12. The van der Waals surface area contributed by atoms with Gasteiger partial charge in [0.05, 0.1) is 5.25 Å². The Kier molecular flexibility index (Phi) is 10.6. The largest absolute Gasteiger partial charge is 0.325 e. The standard InChI is InChI=1S/C34H32ClN3O3S/c1-22(2)25-17-15-24(16-18-25)19-31(38-33(40)26-9-5-4-6-10-26)34(41)37-29-13-8-14-30(21-29)42-23(3)32(39)36-28-12-7-11-27(35)20-28/h4-23H,1-3H3,(H,36,39)(H,37,41)(H,38,40)/b31-19+. The van der Waals surface area contributed by atoms with Gasteiger partial charge in [-0.1, -0.05) is 80.0 Å². The smallest absolute Gasteiger partial charge is 0.272 e. The van der Waals surface area contributed by atoms with Crippen LogP contribution >= 0.6 is 23.4 Å². The van der Waals surface area contributed by atoms with Crippen molar-refractivity contribution in [2.45, 2.75) is 36.8 Å². The SMILES string of the molecule is CC(Sc1cccc(NC(=O)/C(=C\c2ccc(C(C)C)cc2)NC(=O)c2ccccc2)c1)C(=O)Nc1cccc(Cl)c1. The molecule has 0 saturated heterocycles. The zero-order valence-corrected chi connectivity index (χ0v) is 25.1. The normalized spacial score (nSPS) is 12.0. The topological polar surface area (TPSA) is 87.3 Å². The van der Waals surface area contributed by atoms with Gasteiger partial charge < -0.3 is 16.0 Å². The second kappa shape index (κ2) is 14.5. The van der Waals surface area contributed by atoms with Gasteiger partial charge in [0.2, 0.25) is 5.91 Å². The Balaban J connectivity index is 1.49. The van der Waals surface area contributed by atoms with Crippen LogP contribution in [0, 0.1) is 0 Å². The fraction of sp³-hybridized carbons (Fsp3) is 0.147. The van der Waals surface area contributed by atoms with Crippen LogP contribution < -0.4 is 16.0 Å². The lowest BCUT2D eigenvalue weighted by molar-refractivity contribution is -0.115. The minimum atomic E-state index is -0.471. The number of benzene rings is 4. The second-order valence-corrected chi connectivity index (χ2v) is 11.8. The molecule has 0 bridgehead atoms. The first-order valence-electron chi connectivity index (χ1n) is 13.5. The molecule has 1 unspecified atom stereocenters. The summed E-state index contributed by atoms with van der Waals surface area (Å²) in [4.78, 5) is 39.9. The number of halogens is 1. The van der Waals surface area contributed by atoms with Crippen molar-refractivity contribution in [3.05, 3.63) is 131 Å². The molecule has 214 valence electrons. The molecule has 42 heavy (non-hydrogen) atoms. The van der Waals surface area contributed by atoms with E-state index in [0.717, 1.165) is 10.5 Å². The molecule has 0 spiro atoms. The molecule has 1 atom stereocenters. The zero-order valence-electron chi connectivity index (χ0n) is 23.6. The lowest BCUT2D eigenvalue weighted by Gasteiger charge is -2.14. The number of rotatable bonds is 10. The van der Waals surface area contributed by atoms with Crippen molar-refractivity contribution < 1.29 is 14.4 Å². The van der Waals surface area contributed by atoms with E-state index in [1.807, 2.05) is 36.4 Å². The molecular weight excluding hydrogens is 566 g/mol. The summed E-state index contributed by atoms with van der Waals surface area (Å²) in [6, 6.07) is 30.8. The summed E-state index contributed by atoms with van der Waals surface area (Å²) in [7, 11) is 0. The lowest BCUT2D eigenvalue weighted by Crippen LogP contribution is -2.30. The summed E-state index contributed by atoms with van der Waals surface area (Å²) in [5.74, 6) is -0.658. The summed E-state index contributed by atoms with van der Waals surface area (Å²) >= 11 is 7.38. The maximum Gasteiger partial charge on any atom is 0.272 e. The Morgan fingerprint density at radius 2 is 1.43 bits per heavy atom. The number of hydrogen-bond donors (Lipinski definition) is 3. The van der Waals surface area contributed by atoms with Crippen LogP contribution in [0.25, 0.3) is 6.08 Å². The Hall–Kier alpha value is -4.33. The molecule has 4 aromatic carbocycles. The first-order valence-corrected chi connectivity index (χ1v) is 14.8. The van der Waals surface area contributed by atoms with E-state index in [4.69, 9.17) is 11.6 Å². The molecule has 6 nitrogen and oxygen atoms in total. The fourth-order valence-electron chi connectivity index (χ4n) is 4.00. The van der Waals surface area contributed by atoms with Crippen LogP contribution in [0.15, 0.2) is 114 Å². The van der Waals surface area contributed by atoms with Gasteiger partial charge in [0.1, 0.15) is 5.70 Å². The first-order chi connectivity index (χ1) is 20.2. The Bertz CT molecular complexity index is 1590. The Morgan fingerprint density at radius 1 is 0.762 bits per heavy atom. The predicted octanol–water partition coefficient (Wildman–Crippen LogP) is 7.99. The van der Waals surface area contributed by atoms with Gasteiger partial charge in [0.15, 0.2) is 0 Å². The third-order valence-corrected chi connectivity index (χ3v) is 7.64. The van der Waals surface area contributed by atoms with E-state index in [9.17, 15) is 14.4 Å². The summed E-state index contributed by atoms with van der Waals surface area (Å²) in [6.45, 7) is 6.03. The van der Waals surface area contributed by atoms with Crippen molar-refractivity contribution in [1.29, 1.82) is 0 Å². The summed E-state index contributed by atoms with van der Waals surface area (Å²) in [5, 5.41) is 8.65. The summed E-state index contributed by atoms with van der Waals surface area (Å²) in [6.07, 6.45) is 1.65. The van der Waals surface area contributed by atoms with Gasteiger partial charge in [-0.3, -0.25) is 14.4 Å². The van der Waals surface area contributed by atoms with E-state index in [1.54, 1.807) is 79.7 Å². The van der Waals surface area contributed by atoms with Crippen molar-refractivity contribution in [2.75, 3.05) is 10.6 Å². The number of carbonyl (C=O) groups excluding carboxylic acids is 3. The molecule has 0 heterocycles. The molecule has 4 rings (SSSR count). The van der Waals surface area contributed by atoms with E-state index in [1.165, 1.54) is 17.3 Å². The van der Waals surface area contributed by atoms with E-state index in [2.05, 4.69) is 29.8 Å². The molecule has 0 radical (unpaired) electrons. The van der Waals surface area contributed by atoms with Crippen LogP contribution in [0.4, 0.5) is 11.4 Å². The monoisotopic (exact) mass is 597 g/mol. The van der Waals surface area contributed by atoms with Gasteiger partial charge in [-0.25, -0.2) is 0 Å². The maximum absolute atomic E-state index is 13.5. The highest BCUT2D eigenvalue weighted by molar-refractivity contribution is 8.00. The number of carbonyl (C=O) groups is 3. The lowest BCUT2D eigenvalue weighted by atomic mass is 10.0. The van der Waals surface area contributed by atoms with Gasteiger partial charge in [0.25, 0.3) is 11.8 Å². The molecule has 0 aromatic heterocycles. The van der Waals surface area contributed by atoms with Gasteiger partial charge in [-0.15, -0.1) is 11.8 Å². The molecule has 4 aromatic rings. The van der Waals surface area contributed by atoms with Gasteiger partial charge >= 0.3 is 0 Å². The average Bonchev–Trinajstić information content (AvgIpc) is 2.97. The molecule has 0 aliphatic heterocycles. The van der Waals surface area contributed by atoms with Crippen LogP contribution in [0.3, 0.4) is 0 Å². The minimum absolute atomic E-state index is 0.105. The van der Waals surface area contributed by atoms with Gasteiger partial charge in [0, 0.05) is 26.9 Å². The highest BCUT2D eigenvalue weighted by Crippen LogP contribution is 2.27. The van der Waals surface area contributed by atoms with Gasteiger partial charge in [-0.2, -0.15) is 0 Å². The van der Waals surface area contributed by atoms with Crippen LogP contribution in [0.2, 0.25) is 5.02 Å². The molecule has 0 saturated carbocycles. The highest BCUT2D eigenvalue weighted by Gasteiger charge is 2.17. The number of anilines is 2. The molecule has 0 fully saturated rings.